The smallest absolute Gasteiger partial charge is 0.232 e. The fraction of sp³-hybridized carbons (Fsp3) is 0.444. The lowest BCUT2D eigenvalue weighted by Crippen LogP contribution is -2.04. The molecule has 0 amide bonds. The Kier molecular flexibility index (Phi) is 3.66. The second-order valence-electron chi connectivity index (χ2n) is 2.45. The number of hydrogen-bond acceptors (Lipinski definition) is 2. The fourth-order valence-electron chi connectivity index (χ4n) is 0.922. The van der Waals surface area contributed by atoms with Crippen molar-refractivity contribution in [1.29, 1.82) is 0 Å². The normalized spacial score (nSPS) is 9.62. The summed E-state index contributed by atoms with van der Waals surface area (Å²) >= 11 is 5.78. The number of ether oxygens (including phenoxy) is 1. The summed E-state index contributed by atoms with van der Waals surface area (Å²) in [5.41, 5.74) is 0. The van der Waals surface area contributed by atoms with Gasteiger partial charge in [-0.3, -0.25) is 0 Å². The van der Waals surface area contributed by atoms with Crippen LogP contribution < -0.4 is 4.74 Å². The average molecular weight is 198 g/mol. The Labute approximate surface area is 82.6 Å². The zero-order chi connectivity index (χ0) is 9.68. The molecule has 1 aromatic rings. The number of rotatable bonds is 4. The van der Waals surface area contributed by atoms with Gasteiger partial charge in [-0.1, -0.05) is 24.4 Å². The van der Waals surface area contributed by atoms with Gasteiger partial charge in [0.05, 0.1) is 0 Å². The first-order valence-electron chi connectivity index (χ1n) is 3.99. The van der Waals surface area contributed by atoms with Crippen molar-refractivity contribution >= 4 is 11.6 Å². The molecule has 0 spiro atoms. The van der Waals surface area contributed by atoms with E-state index in [1.807, 2.05) is 6.92 Å². The number of aromatic nitrogens is 2. The summed E-state index contributed by atoms with van der Waals surface area (Å²) in [5.74, 6) is 2.87. The van der Waals surface area contributed by atoms with Crippen molar-refractivity contribution < 1.29 is 4.74 Å². The zero-order valence-electron chi connectivity index (χ0n) is 7.38. The van der Waals surface area contributed by atoms with Crippen molar-refractivity contribution in [3.63, 3.8) is 0 Å². The third kappa shape index (κ3) is 2.40. The summed E-state index contributed by atoms with van der Waals surface area (Å²) in [6, 6.07) is 0. The van der Waals surface area contributed by atoms with Crippen molar-refractivity contribution in [2.45, 2.75) is 19.9 Å². The molecule has 1 aromatic heterocycles. The minimum atomic E-state index is 0.197. The Bertz CT molecular complexity index is 314. The summed E-state index contributed by atoms with van der Waals surface area (Å²) in [6.07, 6.45) is 8.63. The Hall–Kier alpha value is -1.14. The summed E-state index contributed by atoms with van der Waals surface area (Å²) in [7, 11) is 0. The zero-order valence-corrected chi connectivity index (χ0v) is 8.14. The van der Waals surface area contributed by atoms with Gasteiger partial charge in [-0.25, -0.2) is 4.68 Å². The molecule has 0 unspecified atom stereocenters. The van der Waals surface area contributed by atoms with Gasteiger partial charge in [-0.2, -0.15) is 5.10 Å². The molecule has 1 heterocycles. The minimum Gasteiger partial charge on any atom is -0.464 e. The van der Waals surface area contributed by atoms with Crippen LogP contribution in [0.5, 0.6) is 5.88 Å². The monoisotopic (exact) mass is 197 g/mol. The van der Waals surface area contributed by atoms with Crippen molar-refractivity contribution in [3.8, 4) is 18.2 Å². The largest absolute Gasteiger partial charge is 0.464 e. The van der Waals surface area contributed by atoms with E-state index in [0.717, 1.165) is 13.0 Å². The Morgan fingerprint density at radius 3 is 3.15 bits per heavy atom. The standard InChI is InChI=1S/C9H10ClN2O/c1-3-5-12-9(13-6-4-2)8(10)7-11-12/h2H,3,5-6H2,1H3. The van der Waals surface area contributed by atoms with Crippen LogP contribution in [-0.2, 0) is 6.54 Å². The molecule has 0 fully saturated rings. The predicted octanol–water partition coefficient (Wildman–Crippen LogP) is 1.76. The number of hydrogen-bond donors (Lipinski definition) is 0. The molecule has 13 heavy (non-hydrogen) atoms. The Morgan fingerprint density at radius 2 is 2.54 bits per heavy atom. The highest BCUT2D eigenvalue weighted by atomic mass is 35.5. The SMILES string of the molecule is C#CCOc1c(Cl)[c]nn1CCC. The van der Waals surface area contributed by atoms with Gasteiger partial charge in [-0.15, -0.1) is 6.42 Å². The minimum absolute atomic E-state index is 0.197. The molecule has 69 valence electrons. The van der Waals surface area contributed by atoms with Crippen LogP contribution in [-0.4, -0.2) is 16.4 Å². The number of halogens is 1. The van der Waals surface area contributed by atoms with Gasteiger partial charge in [-0.05, 0) is 6.42 Å². The summed E-state index contributed by atoms with van der Waals surface area (Å²) in [5, 5.41) is 4.30. The summed E-state index contributed by atoms with van der Waals surface area (Å²) in [4.78, 5) is 0. The molecule has 3 nitrogen and oxygen atoms in total. The van der Waals surface area contributed by atoms with Crippen LogP contribution in [0.2, 0.25) is 5.02 Å². The molecular weight excluding hydrogens is 188 g/mol. The quantitative estimate of drug-likeness (QED) is 0.688. The van der Waals surface area contributed by atoms with E-state index in [4.69, 9.17) is 22.8 Å². The van der Waals surface area contributed by atoms with E-state index in [2.05, 4.69) is 17.2 Å². The molecule has 0 aliphatic rings. The highest BCUT2D eigenvalue weighted by Gasteiger charge is 2.09. The third-order valence-corrected chi connectivity index (χ3v) is 1.66. The molecule has 0 bridgehead atoms. The van der Waals surface area contributed by atoms with Crippen LogP contribution in [0.1, 0.15) is 13.3 Å². The van der Waals surface area contributed by atoms with Gasteiger partial charge < -0.3 is 4.74 Å². The molecule has 0 saturated heterocycles. The molecule has 0 aliphatic carbocycles. The van der Waals surface area contributed by atoms with Gasteiger partial charge in [0.1, 0.15) is 11.2 Å². The van der Waals surface area contributed by atoms with Crippen molar-refractivity contribution in [1.82, 2.24) is 9.78 Å². The van der Waals surface area contributed by atoms with Crippen LogP contribution in [0, 0.1) is 18.5 Å². The topological polar surface area (TPSA) is 27.1 Å². The van der Waals surface area contributed by atoms with E-state index >= 15 is 0 Å². The van der Waals surface area contributed by atoms with Gasteiger partial charge in [0, 0.05) is 6.54 Å². The van der Waals surface area contributed by atoms with Crippen LogP contribution in [0.4, 0.5) is 0 Å². The maximum absolute atomic E-state index is 5.78. The third-order valence-electron chi connectivity index (χ3n) is 1.42. The van der Waals surface area contributed by atoms with Crippen molar-refractivity contribution in [2.24, 2.45) is 0 Å². The van der Waals surface area contributed by atoms with Gasteiger partial charge in [0.2, 0.25) is 5.88 Å². The maximum Gasteiger partial charge on any atom is 0.232 e. The molecule has 1 rings (SSSR count). The molecule has 4 heteroatoms. The molecular formula is C9H10ClN2O. The molecule has 0 aromatic carbocycles. The van der Waals surface area contributed by atoms with Crippen LogP contribution in [0.3, 0.4) is 0 Å². The van der Waals surface area contributed by atoms with E-state index in [1.165, 1.54) is 0 Å². The van der Waals surface area contributed by atoms with E-state index < -0.39 is 0 Å². The van der Waals surface area contributed by atoms with Crippen molar-refractivity contribution in [3.05, 3.63) is 11.2 Å². The van der Waals surface area contributed by atoms with Crippen LogP contribution in [0.25, 0.3) is 0 Å². The van der Waals surface area contributed by atoms with E-state index in [9.17, 15) is 0 Å². The fourth-order valence-corrected chi connectivity index (χ4v) is 1.11. The lowest BCUT2D eigenvalue weighted by molar-refractivity contribution is 0.325. The summed E-state index contributed by atoms with van der Waals surface area (Å²) < 4.78 is 6.86. The maximum atomic E-state index is 5.78. The highest BCUT2D eigenvalue weighted by Crippen LogP contribution is 2.22. The average Bonchev–Trinajstić information content (AvgIpc) is 2.45. The Balaban J connectivity index is 2.76. The van der Waals surface area contributed by atoms with E-state index in [0.29, 0.717) is 10.9 Å². The van der Waals surface area contributed by atoms with Crippen molar-refractivity contribution in [2.75, 3.05) is 6.61 Å². The number of nitrogens with zero attached hydrogens (tertiary/aromatic N) is 2. The van der Waals surface area contributed by atoms with Gasteiger partial charge in [0.15, 0.2) is 6.61 Å². The molecule has 1 radical (unpaired) electrons. The highest BCUT2D eigenvalue weighted by molar-refractivity contribution is 6.31. The first-order chi connectivity index (χ1) is 6.29. The molecule has 0 atom stereocenters. The first kappa shape index (κ1) is 9.94. The second-order valence-corrected chi connectivity index (χ2v) is 2.82. The first-order valence-corrected chi connectivity index (χ1v) is 4.37. The second kappa shape index (κ2) is 4.78. The van der Waals surface area contributed by atoms with Crippen LogP contribution >= 0.6 is 11.6 Å². The molecule has 0 saturated carbocycles. The van der Waals surface area contributed by atoms with Crippen LogP contribution in [0.15, 0.2) is 0 Å². The van der Waals surface area contributed by atoms with E-state index in [-0.39, 0.29) is 6.61 Å². The van der Waals surface area contributed by atoms with E-state index in [1.54, 1.807) is 4.68 Å². The summed E-state index contributed by atoms with van der Waals surface area (Å²) in [6.45, 7) is 2.99. The Morgan fingerprint density at radius 1 is 1.77 bits per heavy atom. The van der Waals surface area contributed by atoms with Gasteiger partial charge in [0.25, 0.3) is 0 Å². The lowest BCUT2D eigenvalue weighted by Gasteiger charge is -2.05. The molecule has 0 N–H and O–H groups in total. The lowest BCUT2D eigenvalue weighted by atomic mass is 10.5. The predicted molar refractivity (Wildman–Crippen MR) is 50.7 cm³/mol. The molecule has 0 aliphatic heterocycles. The number of aryl methyl sites for hydroxylation is 1. The van der Waals surface area contributed by atoms with Gasteiger partial charge >= 0.3 is 0 Å². The number of terminal acetylenes is 1.